The summed E-state index contributed by atoms with van der Waals surface area (Å²) in [6.07, 6.45) is 5.58. The molecule has 0 aliphatic rings. The maximum Gasteiger partial charge on any atom is 0.251 e. The van der Waals surface area contributed by atoms with Crippen LogP contribution < -0.4 is 10.6 Å². The third-order valence-corrected chi connectivity index (χ3v) is 5.36. The Labute approximate surface area is 186 Å². The van der Waals surface area contributed by atoms with Crippen molar-refractivity contribution in [3.8, 4) is 5.69 Å². The zero-order valence-electron chi connectivity index (χ0n) is 18.0. The fourth-order valence-electron chi connectivity index (χ4n) is 2.99. The predicted molar refractivity (Wildman–Crippen MR) is 124 cm³/mol. The van der Waals surface area contributed by atoms with Gasteiger partial charge in [0.2, 0.25) is 0 Å². The van der Waals surface area contributed by atoms with Crippen LogP contribution in [0.25, 0.3) is 5.69 Å². The van der Waals surface area contributed by atoms with Crippen molar-refractivity contribution in [2.75, 3.05) is 33.4 Å². The Balaban J connectivity index is 1.57. The number of thioether (sulfide) groups is 1. The van der Waals surface area contributed by atoms with Gasteiger partial charge in [-0.2, -0.15) is 0 Å². The van der Waals surface area contributed by atoms with Crippen molar-refractivity contribution in [2.45, 2.75) is 11.7 Å². The summed E-state index contributed by atoms with van der Waals surface area (Å²) in [6.45, 7) is 1.77. The molecule has 0 unspecified atom stereocenters. The fraction of sp³-hybridized carbons (Fsp3) is 0.261. The van der Waals surface area contributed by atoms with Crippen LogP contribution in [0.2, 0.25) is 0 Å². The molecule has 7 nitrogen and oxygen atoms in total. The van der Waals surface area contributed by atoms with E-state index >= 15 is 0 Å². The van der Waals surface area contributed by atoms with Crippen LogP contribution in [-0.4, -0.2) is 59.7 Å². The number of benzene rings is 2. The molecular formula is C23H27N5O2S. The van der Waals surface area contributed by atoms with Crippen LogP contribution >= 0.6 is 11.8 Å². The second kappa shape index (κ2) is 10.8. The average molecular weight is 438 g/mol. The summed E-state index contributed by atoms with van der Waals surface area (Å²) in [7, 11) is 3.93. The van der Waals surface area contributed by atoms with Crippen molar-refractivity contribution in [2.24, 2.45) is 0 Å². The highest BCUT2D eigenvalue weighted by Crippen LogP contribution is 2.19. The molecule has 0 saturated heterocycles. The van der Waals surface area contributed by atoms with Crippen LogP contribution in [0.5, 0.6) is 0 Å². The standard InChI is InChI=1S/C23H27N5O2S/c1-27(2)13-11-24-21(29)18-9-7-17(8-10-18)16-26-22(30)19-5-4-6-20(15-19)28-14-12-25-23(28)31-3/h4-10,12,14-15H,11,13,16H2,1-3H3,(H,24,29)(H,26,30). The molecule has 0 fully saturated rings. The van der Waals surface area contributed by atoms with Gasteiger partial charge in [0, 0.05) is 48.8 Å². The largest absolute Gasteiger partial charge is 0.351 e. The highest BCUT2D eigenvalue weighted by Gasteiger charge is 2.10. The molecule has 1 aromatic heterocycles. The van der Waals surface area contributed by atoms with Gasteiger partial charge in [0.25, 0.3) is 11.8 Å². The third-order valence-electron chi connectivity index (χ3n) is 4.69. The van der Waals surface area contributed by atoms with E-state index in [1.807, 2.05) is 66.3 Å². The Morgan fingerprint density at radius 1 is 1.03 bits per heavy atom. The van der Waals surface area contributed by atoms with Crippen molar-refractivity contribution in [3.63, 3.8) is 0 Å². The molecule has 2 aromatic carbocycles. The van der Waals surface area contributed by atoms with Crippen molar-refractivity contribution >= 4 is 23.6 Å². The molecule has 2 amide bonds. The molecule has 3 rings (SSSR count). The Hall–Kier alpha value is -3.10. The van der Waals surface area contributed by atoms with E-state index in [4.69, 9.17) is 0 Å². The second-order valence-electron chi connectivity index (χ2n) is 7.27. The van der Waals surface area contributed by atoms with Gasteiger partial charge in [-0.25, -0.2) is 4.98 Å². The van der Waals surface area contributed by atoms with Crippen molar-refractivity contribution in [3.05, 3.63) is 77.6 Å². The van der Waals surface area contributed by atoms with E-state index in [2.05, 4.69) is 15.6 Å². The lowest BCUT2D eigenvalue weighted by molar-refractivity contribution is 0.0941. The van der Waals surface area contributed by atoms with Gasteiger partial charge in [0.05, 0.1) is 0 Å². The Morgan fingerprint density at radius 2 is 1.77 bits per heavy atom. The number of carbonyl (C=O) groups is 2. The molecule has 0 radical (unpaired) electrons. The van der Waals surface area contributed by atoms with Gasteiger partial charge >= 0.3 is 0 Å². The molecule has 0 bridgehead atoms. The van der Waals surface area contributed by atoms with Crippen molar-refractivity contribution in [1.29, 1.82) is 0 Å². The summed E-state index contributed by atoms with van der Waals surface area (Å²) < 4.78 is 1.95. The molecule has 0 spiro atoms. The molecule has 8 heteroatoms. The minimum absolute atomic E-state index is 0.0987. The van der Waals surface area contributed by atoms with E-state index < -0.39 is 0 Å². The van der Waals surface area contributed by atoms with Crippen LogP contribution in [0, 0.1) is 0 Å². The highest BCUT2D eigenvalue weighted by atomic mass is 32.2. The van der Waals surface area contributed by atoms with Gasteiger partial charge in [-0.3, -0.25) is 14.2 Å². The maximum atomic E-state index is 12.6. The number of amides is 2. The van der Waals surface area contributed by atoms with Crippen LogP contribution in [0.3, 0.4) is 0 Å². The first-order chi connectivity index (χ1) is 15.0. The van der Waals surface area contributed by atoms with E-state index in [1.54, 1.807) is 36.2 Å². The molecule has 0 atom stereocenters. The van der Waals surface area contributed by atoms with Crippen molar-refractivity contribution < 1.29 is 9.59 Å². The normalized spacial score (nSPS) is 10.8. The predicted octanol–water partition coefficient (Wildman–Crippen LogP) is 2.82. The van der Waals surface area contributed by atoms with Crippen LogP contribution in [-0.2, 0) is 6.54 Å². The smallest absolute Gasteiger partial charge is 0.251 e. The summed E-state index contributed by atoms with van der Waals surface area (Å²) in [5, 5.41) is 6.69. The van der Waals surface area contributed by atoms with Crippen LogP contribution in [0.4, 0.5) is 0 Å². The summed E-state index contributed by atoms with van der Waals surface area (Å²) >= 11 is 1.55. The van der Waals surface area contributed by atoms with E-state index in [1.165, 1.54) is 0 Å². The summed E-state index contributed by atoms with van der Waals surface area (Å²) in [5.74, 6) is -0.253. The van der Waals surface area contributed by atoms with E-state index in [0.717, 1.165) is 23.0 Å². The molecule has 0 aliphatic heterocycles. The van der Waals surface area contributed by atoms with E-state index in [0.29, 0.717) is 24.2 Å². The monoisotopic (exact) mass is 437 g/mol. The SMILES string of the molecule is CSc1nccn1-c1cccc(C(=O)NCc2ccc(C(=O)NCCN(C)C)cc2)c1. The lowest BCUT2D eigenvalue weighted by atomic mass is 10.1. The van der Waals surface area contributed by atoms with Gasteiger partial charge in [0.1, 0.15) is 0 Å². The number of aromatic nitrogens is 2. The molecule has 31 heavy (non-hydrogen) atoms. The van der Waals surface area contributed by atoms with Gasteiger partial charge in [-0.05, 0) is 56.2 Å². The number of likely N-dealkylation sites (N-methyl/N-ethyl adjacent to an activating group) is 1. The topological polar surface area (TPSA) is 79.3 Å². The molecule has 1 heterocycles. The molecule has 3 aromatic rings. The number of rotatable bonds is 9. The van der Waals surface area contributed by atoms with E-state index in [9.17, 15) is 9.59 Å². The first kappa shape index (κ1) is 22.6. The molecular weight excluding hydrogens is 410 g/mol. The molecule has 162 valence electrons. The number of nitrogens with one attached hydrogen (secondary N) is 2. The van der Waals surface area contributed by atoms with Gasteiger partial charge < -0.3 is 15.5 Å². The zero-order chi connectivity index (χ0) is 22.2. The minimum atomic E-state index is -0.154. The highest BCUT2D eigenvalue weighted by molar-refractivity contribution is 7.98. The zero-order valence-corrected chi connectivity index (χ0v) is 18.8. The molecule has 0 aliphatic carbocycles. The van der Waals surface area contributed by atoms with Gasteiger partial charge in [-0.1, -0.05) is 30.0 Å². The Morgan fingerprint density at radius 3 is 2.48 bits per heavy atom. The summed E-state index contributed by atoms with van der Waals surface area (Å²) in [5.41, 5.74) is 2.99. The number of carbonyl (C=O) groups excluding carboxylic acids is 2. The fourth-order valence-corrected chi connectivity index (χ4v) is 3.52. The van der Waals surface area contributed by atoms with Crippen LogP contribution in [0.1, 0.15) is 26.3 Å². The van der Waals surface area contributed by atoms with Gasteiger partial charge in [0.15, 0.2) is 5.16 Å². The average Bonchev–Trinajstić information content (AvgIpc) is 3.26. The van der Waals surface area contributed by atoms with E-state index in [-0.39, 0.29) is 11.8 Å². The summed E-state index contributed by atoms with van der Waals surface area (Å²) in [4.78, 5) is 31.1. The number of hydrogen-bond donors (Lipinski definition) is 2. The number of imidazole rings is 1. The number of nitrogens with zero attached hydrogens (tertiary/aromatic N) is 3. The minimum Gasteiger partial charge on any atom is -0.351 e. The number of hydrogen-bond acceptors (Lipinski definition) is 5. The second-order valence-corrected chi connectivity index (χ2v) is 8.05. The Bertz CT molecular complexity index is 1030. The third kappa shape index (κ3) is 6.19. The Kier molecular flexibility index (Phi) is 7.86. The lowest BCUT2D eigenvalue weighted by Crippen LogP contribution is -2.31. The summed E-state index contributed by atoms with van der Waals surface area (Å²) in [6, 6.07) is 14.7. The van der Waals surface area contributed by atoms with Crippen molar-refractivity contribution in [1.82, 2.24) is 25.1 Å². The first-order valence-electron chi connectivity index (χ1n) is 9.96. The van der Waals surface area contributed by atoms with Gasteiger partial charge in [-0.15, -0.1) is 0 Å². The molecule has 2 N–H and O–H groups in total. The quantitative estimate of drug-likeness (QED) is 0.503. The first-order valence-corrected chi connectivity index (χ1v) is 11.2. The van der Waals surface area contributed by atoms with Crippen LogP contribution in [0.15, 0.2) is 66.1 Å². The lowest BCUT2D eigenvalue weighted by Gasteiger charge is -2.11. The molecule has 0 saturated carbocycles. The maximum absolute atomic E-state index is 12.6.